The Morgan fingerprint density at radius 2 is 2.50 bits per heavy atom. The lowest BCUT2D eigenvalue weighted by atomic mass is 10.2. The molecule has 0 aromatic carbocycles. The van der Waals surface area contributed by atoms with Crippen LogP contribution in [-0.4, -0.2) is 45.0 Å². The standard InChI is InChI=1S/C9H13N5O2/c1-14(4-7-10-5-11-13-7)9(16)6-2-3-8(15)12-6/h5-6H,2-4H2,1H3,(H,12,15)(H,10,11,13). The summed E-state index contributed by atoms with van der Waals surface area (Å²) in [6.07, 6.45) is 2.38. The van der Waals surface area contributed by atoms with Crippen molar-refractivity contribution in [1.82, 2.24) is 25.4 Å². The fourth-order valence-electron chi connectivity index (χ4n) is 1.67. The Hall–Kier alpha value is -1.92. The zero-order valence-corrected chi connectivity index (χ0v) is 8.93. The summed E-state index contributed by atoms with van der Waals surface area (Å²) in [7, 11) is 1.68. The van der Waals surface area contributed by atoms with Crippen LogP contribution in [0.25, 0.3) is 0 Å². The topological polar surface area (TPSA) is 91.0 Å². The first-order valence-corrected chi connectivity index (χ1v) is 5.05. The molecule has 1 aliphatic heterocycles. The SMILES string of the molecule is CN(Cc1ncn[nH]1)C(=O)C1CCC(=O)N1. The molecular weight excluding hydrogens is 210 g/mol. The van der Waals surface area contributed by atoms with Gasteiger partial charge in [-0.25, -0.2) is 4.98 Å². The molecule has 0 spiro atoms. The van der Waals surface area contributed by atoms with Crippen molar-refractivity contribution in [2.45, 2.75) is 25.4 Å². The van der Waals surface area contributed by atoms with E-state index in [1.165, 1.54) is 11.2 Å². The van der Waals surface area contributed by atoms with Crippen LogP contribution in [0.3, 0.4) is 0 Å². The van der Waals surface area contributed by atoms with Crippen LogP contribution in [0.5, 0.6) is 0 Å². The van der Waals surface area contributed by atoms with Crippen molar-refractivity contribution < 1.29 is 9.59 Å². The van der Waals surface area contributed by atoms with Crippen molar-refractivity contribution in [1.29, 1.82) is 0 Å². The van der Waals surface area contributed by atoms with E-state index in [1.54, 1.807) is 7.05 Å². The van der Waals surface area contributed by atoms with Crippen LogP contribution in [0, 0.1) is 0 Å². The molecule has 7 nitrogen and oxygen atoms in total. The average Bonchev–Trinajstić information content (AvgIpc) is 2.88. The molecule has 7 heteroatoms. The molecule has 1 aromatic rings. The van der Waals surface area contributed by atoms with Gasteiger partial charge in [0.15, 0.2) is 0 Å². The van der Waals surface area contributed by atoms with Gasteiger partial charge in [-0.3, -0.25) is 14.7 Å². The number of carbonyl (C=O) groups is 2. The van der Waals surface area contributed by atoms with Crippen molar-refractivity contribution in [3.63, 3.8) is 0 Å². The predicted molar refractivity (Wildman–Crippen MR) is 54.0 cm³/mol. The largest absolute Gasteiger partial charge is 0.344 e. The lowest BCUT2D eigenvalue weighted by Crippen LogP contribution is -2.42. The highest BCUT2D eigenvalue weighted by atomic mass is 16.2. The zero-order chi connectivity index (χ0) is 11.5. The normalized spacial score (nSPS) is 19.6. The number of hydrogen-bond acceptors (Lipinski definition) is 4. The number of aromatic amines is 1. The Balaban J connectivity index is 1.92. The third-order valence-electron chi connectivity index (χ3n) is 2.52. The van der Waals surface area contributed by atoms with Gasteiger partial charge < -0.3 is 10.2 Å². The highest BCUT2D eigenvalue weighted by Gasteiger charge is 2.29. The first-order valence-electron chi connectivity index (χ1n) is 5.05. The minimum Gasteiger partial charge on any atom is -0.344 e. The minimum absolute atomic E-state index is 0.0635. The molecule has 1 atom stereocenters. The van der Waals surface area contributed by atoms with Gasteiger partial charge in [0.1, 0.15) is 18.2 Å². The second-order valence-electron chi connectivity index (χ2n) is 3.79. The molecule has 2 heterocycles. The summed E-state index contributed by atoms with van der Waals surface area (Å²) in [5.41, 5.74) is 0. The van der Waals surface area contributed by atoms with Crippen molar-refractivity contribution in [3.8, 4) is 0 Å². The van der Waals surface area contributed by atoms with Crippen molar-refractivity contribution in [2.75, 3.05) is 7.05 Å². The Kier molecular flexibility index (Phi) is 2.84. The Bertz CT molecular complexity index is 389. The van der Waals surface area contributed by atoms with Crippen molar-refractivity contribution in [3.05, 3.63) is 12.2 Å². The van der Waals surface area contributed by atoms with Gasteiger partial charge >= 0.3 is 0 Å². The van der Waals surface area contributed by atoms with Gasteiger partial charge in [-0.2, -0.15) is 5.10 Å². The van der Waals surface area contributed by atoms with Crippen LogP contribution in [0.2, 0.25) is 0 Å². The molecule has 2 N–H and O–H groups in total. The molecule has 1 aromatic heterocycles. The third kappa shape index (κ3) is 2.18. The number of nitrogens with zero attached hydrogens (tertiary/aromatic N) is 3. The maximum Gasteiger partial charge on any atom is 0.245 e. The second-order valence-corrected chi connectivity index (χ2v) is 3.79. The molecule has 0 saturated carbocycles. The van der Waals surface area contributed by atoms with E-state index in [2.05, 4.69) is 20.5 Å². The summed E-state index contributed by atoms with van der Waals surface area (Å²) in [5.74, 6) is 0.467. The quantitative estimate of drug-likeness (QED) is 0.690. The molecule has 1 fully saturated rings. The molecule has 0 bridgehead atoms. The molecular formula is C9H13N5O2. The summed E-state index contributed by atoms with van der Waals surface area (Å²) in [6, 6.07) is -0.388. The fraction of sp³-hybridized carbons (Fsp3) is 0.556. The Morgan fingerprint density at radius 3 is 3.06 bits per heavy atom. The summed E-state index contributed by atoms with van der Waals surface area (Å²) >= 11 is 0. The van der Waals surface area contributed by atoms with Crippen LogP contribution in [0.1, 0.15) is 18.7 Å². The van der Waals surface area contributed by atoms with Crippen molar-refractivity contribution >= 4 is 11.8 Å². The highest BCUT2D eigenvalue weighted by Crippen LogP contribution is 2.09. The number of hydrogen-bond donors (Lipinski definition) is 2. The van der Waals surface area contributed by atoms with E-state index < -0.39 is 0 Å². The van der Waals surface area contributed by atoms with Gasteiger partial charge in [-0.15, -0.1) is 0 Å². The lowest BCUT2D eigenvalue weighted by molar-refractivity contribution is -0.133. The molecule has 16 heavy (non-hydrogen) atoms. The van der Waals surface area contributed by atoms with Gasteiger partial charge in [0, 0.05) is 13.5 Å². The molecule has 1 saturated heterocycles. The molecule has 1 unspecified atom stereocenters. The number of H-pyrrole nitrogens is 1. The number of nitrogens with one attached hydrogen (secondary N) is 2. The van der Waals surface area contributed by atoms with E-state index in [1.807, 2.05) is 0 Å². The van der Waals surface area contributed by atoms with Crippen LogP contribution >= 0.6 is 0 Å². The van der Waals surface area contributed by atoms with Crippen molar-refractivity contribution in [2.24, 2.45) is 0 Å². The maximum absolute atomic E-state index is 11.9. The lowest BCUT2D eigenvalue weighted by Gasteiger charge is -2.19. The smallest absolute Gasteiger partial charge is 0.245 e. The summed E-state index contributed by atoms with van der Waals surface area (Å²) in [4.78, 5) is 28.3. The van der Waals surface area contributed by atoms with E-state index >= 15 is 0 Å². The van der Waals surface area contributed by atoms with Crippen LogP contribution in [0.15, 0.2) is 6.33 Å². The van der Waals surface area contributed by atoms with Gasteiger partial charge in [-0.1, -0.05) is 0 Å². The third-order valence-corrected chi connectivity index (χ3v) is 2.52. The fourth-order valence-corrected chi connectivity index (χ4v) is 1.67. The van der Waals surface area contributed by atoms with E-state index in [-0.39, 0.29) is 17.9 Å². The van der Waals surface area contributed by atoms with E-state index in [4.69, 9.17) is 0 Å². The average molecular weight is 223 g/mol. The zero-order valence-electron chi connectivity index (χ0n) is 8.93. The number of amides is 2. The second kappa shape index (κ2) is 4.30. The number of rotatable bonds is 3. The molecule has 86 valence electrons. The highest BCUT2D eigenvalue weighted by molar-refractivity contribution is 5.90. The maximum atomic E-state index is 11.9. The van der Waals surface area contributed by atoms with E-state index in [0.29, 0.717) is 25.2 Å². The molecule has 0 radical (unpaired) electrons. The summed E-state index contributed by atoms with van der Waals surface area (Å²) in [6.45, 7) is 0.366. The predicted octanol–water partition coefficient (Wildman–Crippen LogP) is -0.958. The number of likely N-dealkylation sites (N-methyl/N-ethyl adjacent to an activating group) is 1. The monoisotopic (exact) mass is 223 g/mol. The molecule has 0 aliphatic carbocycles. The van der Waals surface area contributed by atoms with Crippen LogP contribution in [-0.2, 0) is 16.1 Å². The van der Waals surface area contributed by atoms with E-state index in [9.17, 15) is 9.59 Å². The van der Waals surface area contributed by atoms with E-state index in [0.717, 1.165) is 0 Å². The minimum atomic E-state index is -0.388. The summed E-state index contributed by atoms with van der Waals surface area (Å²) < 4.78 is 0. The number of carbonyl (C=O) groups excluding carboxylic acids is 2. The first-order chi connectivity index (χ1) is 7.66. The van der Waals surface area contributed by atoms with Crippen LogP contribution in [0.4, 0.5) is 0 Å². The number of aromatic nitrogens is 3. The van der Waals surface area contributed by atoms with Gasteiger partial charge in [0.25, 0.3) is 0 Å². The Morgan fingerprint density at radius 1 is 1.69 bits per heavy atom. The molecule has 2 amide bonds. The summed E-state index contributed by atoms with van der Waals surface area (Å²) in [5, 5.41) is 9.02. The molecule has 1 aliphatic rings. The molecule has 2 rings (SSSR count). The first kappa shape index (κ1) is 10.6. The Labute approximate surface area is 92.2 Å². The van der Waals surface area contributed by atoms with Gasteiger partial charge in [0.05, 0.1) is 6.54 Å². The van der Waals surface area contributed by atoms with Gasteiger partial charge in [-0.05, 0) is 6.42 Å². The van der Waals surface area contributed by atoms with Crippen LogP contribution < -0.4 is 5.32 Å². The van der Waals surface area contributed by atoms with Gasteiger partial charge in [0.2, 0.25) is 11.8 Å².